The lowest BCUT2D eigenvalue weighted by Crippen LogP contribution is -2.42. The van der Waals surface area contributed by atoms with Gasteiger partial charge in [0.05, 0.1) is 6.42 Å². The lowest BCUT2D eigenvalue weighted by atomic mass is 9.95. The molecule has 26 heavy (non-hydrogen) atoms. The minimum absolute atomic E-state index is 0.0245. The molecule has 2 amide bonds. The van der Waals surface area contributed by atoms with Crippen molar-refractivity contribution in [3.8, 4) is 0 Å². The van der Waals surface area contributed by atoms with E-state index in [4.69, 9.17) is 23.2 Å². The van der Waals surface area contributed by atoms with Gasteiger partial charge in [-0.2, -0.15) is 0 Å². The Morgan fingerprint density at radius 3 is 2.38 bits per heavy atom. The number of carbonyl (C=O) groups is 2. The topological polar surface area (TPSA) is 62.3 Å². The van der Waals surface area contributed by atoms with Crippen molar-refractivity contribution in [1.82, 2.24) is 9.88 Å². The fourth-order valence-electron chi connectivity index (χ4n) is 3.02. The van der Waals surface area contributed by atoms with Crippen molar-refractivity contribution in [2.75, 3.05) is 18.4 Å². The zero-order chi connectivity index (χ0) is 18.5. The quantitative estimate of drug-likeness (QED) is 0.861. The minimum atomic E-state index is -0.120. The van der Waals surface area contributed by atoms with E-state index < -0.39 is 0 Å². The zero-order valence-corrected chi connectivity index (χ0v) is 15.6. The molecule has 1 N–H and O–H groups in total. The molecule has 7 heteroatoms. The highest BCUT2D eigenvalue weighted by molar-refractivity contribution is 6.36. The Hall–Kier alpha value is -2.11. The first-order valence-corrected chi connectivity index (χ1v) is 9.22. The highest BCUT2D eigenvalue weighted by atomic mass is 35.5. The smallest absolute Gasteiger partial charge is 0.228 e. The van der Waals surface area contributed by atoms with Crippen LogP contribution in [0.3, 0.4) is 0 Å². The summed E-state index contributed by atoms with van der Waals surface area (Å²) in [5, 5.41) is 3.81. The lowest BCUT2D eigenvalue weighted by molar-refractivity contribution is -0.133. The normalized spacial score (nSPS) is 14.9. The van der Waals surface area contributed by atoms with Crippen LogP contribution in [-0.2, 0) is 16.0 Å². The largest absolute Gasteiger partial charge is 0.342 e. The summed E-state index contributed by atoms with van der Waals surface area (Å²) >= 11 is 12.3. The molecule has 0 bridgehead atoms. The van der Waals surface area contributed by atoms with Crippen LogP contribution in [0.1, 0.15) is 18.4 Å². The molecular formula is C19H19Cl2N3O2. The van der Waals surface area contributed by atoms with E-state index in [2.05, 4.69) is 10.3 Å². The van der Waals surface area contributed by atoms with Gasteiger partial charge in [-0.1, -0.05) is 35.3 Å². The molecule has 2 aromatic rings. The van der Waals surface area contributed by atoms with Crippen LogP contribution in [0.25, 0.3) is 0 Å². The summed E-state index contributed by atoms with van der Waals surface area (Å²) in [6.45, 7) is 1.09. The van der Waals surface area contributed by atoms with Crippen molar-refractivity contribution in [2.24, 2.45) is 5.92 Å². The molecule has 2 heterocycles. The molecule has 1 fully saturated rings. The highest BCUT2D eigenvalue weighted by Crippen LogP contribution is 2.26. The first-order chi connectivity index (χ1) is 12.5. The van der Waals surface area contributed by atoms with Gasteiger partial charge in [-0.05, 0) is 42.7 Å². The second-order valence-corrected chi connectivity index (χ2v) is 7.05. The zero-order valence-electron chi connectivity index (χ0n) is 14.1. The first kappa shape index (κ1) is 18.7. The maximum absolute atomic E-state index is 12.5. The monoisotopic (exact) mass is 391 g/mol. The fraction of sp³-hybridized carbons (Fsp3) is 0.316. The number of carbonyl (C=O) groups excluding carboxylic acids is 2. The molecule has 1 saturated heterocycles. The molecule has 0 atom stereocenters. The summed E-state index contributed by atoms with van der Waals surface area (Å²) in [7, 11) is 0. The lowest BCUT2D eigenvalue weighted by Gasteiger charge is -2.31. The van der Waals surface area contributed by atoms with Crippen LogP contribution in [0.15, 0.2) is 42.6 Å². The van der Waals surface area contributed by atoms with Crippen molar-refractivity contribution in [3.63, 3.8) is 0 Å². The van der Waals surface area contributed by atoms with E-state index in [9.17, 15) is 9.59 Å². The van der Waals surface area contributed by atoms with Gasteiger partial charge < -0.3 is 10.2 Å². The number of rotatable bonds is 4. The van der Waals surface area contributed by atoms with Gasteiger partial charge in [0, 0.05) is 35.2 Å². The molecule has 0 aliphatic carbocycles. The summed E-state index contributed by atoms with van der Waals surface area (Å²) in [5.41, 5.74) is 0.649. The Kier molecular flexibility index (Phi) is 6.12. The number of piperidine rings is 1. The van der Waals surface area contributed by atoms with Crippen molar-refractivity contribution >= 4 is 40.8 Å². The number of amides is 2. The number of hydrogen-bond donors (Lipinski definition) is 1. The van der Waals surface area contributed by atoms with Crippen molar-refractivity contribution in [2.45, 2.75) is 19.3 Å². The van der Waals surface area contributed by atoms with Gasteiger partial charge in [0.15, 0.2) is 0 Å². The molecule has 1 aliphatic rings. The molecule has 0 saturated carbocycles. The molecule has 1 aromatic heterocycles. The third kappa shape index (κ3) is 4.54. The predicted octanol–water partition coefficient (Wildman–Crippen LogP) is 3.81. The average molecular weight is 392 g/mol. The molecule has 0 radical (unpaired) electrons. The second-order valence-electron chi connectivity index (χ2n) is 6.24. The molecule has 1 aromatic carbocycles. The van der Waals surface area contributed by atoms with E-state index in [0.717, 1.165) is 0 Å². The summed E-state index contributed by atoms with van der Waals surface area (Å²) in [6.07, 6.45) is 3.06. The van der Waals surface area contributed by atoms with E-state index in [1.54, 1.807) is 41.4 Å². The van der Waals surface area contributed by atoms with Crippen molar-refractivity contribution in [3.05, 3.63) is 58.2 Å². The fourth-order valence-corrected chi connectivity index (χ4v) is 3.55. The summed E-state index contributed by atoms with van der Waals surface area (Å²) in [5.74, 6) is 0.350. The van der Waals surface area contributed by atoms with Gasteiger partial charge in [-0.15, -0.1) is 0 Å². The Morgan fingerprint density at radius 1 is 1.08 bits per heavy atom. The maximum Gasteiger partial charge on any atom is 0.228 e. The van der Waals surface area contributed by atoms with E-state index in [0.29, 0.717) is 47.4 Å². The summed E-state index contributed by atoms with van der Waals surface area (Å²) < 4.78 is 0. The van der Waals surface area contributed by atoms with Crippen LogP contribution in [0.4, 0.5) is 5.82 Å². The van der Waals surface area contributed by atoms with Gasteiger partial charge >= 0.3 is 0 Å². The molecular weight excluding hydrogens is 373 g/mol. The van der Waals surface area contributed by atoms with Crippen molar-refractivity contribution < 1.29 is 9.59 Å². The first-order valence-electron chi connectivity index (χ1n) is 8.47. The Morgan fingerprint density at radius 2 is 1.77 bits per heavy atom. The van der Waals surface area contributed by atoms with Gasteiger partial charge in [-0.3, -0.25) is 9.59 Å². The van der Waals surface area contributed by atoms with Gasteiger partial charge in [0.2, 0.25) is 11.8 Å². The van der Waals surface area contributed by atoms with Gasteiger partial charge in [-0.25, -0.2) is 4.98 Å². The maximum atomic E-state index is 12.5. The van der Waals surface area contributed by atoms with Crippen LogP contribution < -0.4 is 5.32 Å². The molecule has 1 aliphatic heterocycles. The van der Waals surface area contributed by atoms with Crippen molar-refractivity contribution in [1.29, 1.82) is 0 Å². The van der Waals surface area contributed by atoms with Crippen LogP contribution in [0.2, 0.25) is 10.0 Å². The minimum Gasteiger partial charge on any atom is -0.342 e. The Balaban J connectivity index is 1.53. The summed E-state index contributed by atoms with van der Waals surface area (Å²) in [4.78, 5) is 30.7. The van der Waals surface area contributed by atoms with Crippen LogP contribution >= 0.6 is 23.2 Å². The number of benzene rings is 1. The number of pyridine rings is 1. The highest BCUT2D eigenvalue weighted by Gasteiger charge is 2.28. The second kappa shape index (κ2) is 8.52. The molecule has 136 valence electrons. The SMILES string of the molecule is O=C(Nc1ccccn1)C1CCN(C(=O)Cc2c(Cl)cccc2Cl)CC1. The molecule has 5 nitrogen and oxygen atoms in total. The number of anilines is 1. The number of hydrogen-bond acceptors (Lipinski definition) is 3. The number of likely N-dealkylation sites (tertiary alicyclic amines) is 1. The third-order valence-corrected chi connectivity index (χ3v) is 5.23. The average Bonchev–Trinajstić information content (AvgIpc) is 2.65. The molecule has 0 spiro atoms. The van der Waals surface area contributed by atoms with Crippen LogP contribution in [0.5, 0.6) is 0 Å². The predicted molar refractivity (Wildman–Crippen MR) is 102 cm³/mol. The van der Waals surface area contributed by atoms with Gasteiger partial charge in [0.1, 0.15) is 5.82 Å². The van der Waals surface area contributed by atoms with Crippen LogP contribution in [-0.4, -0.2) is 34.8 Å². The standard InChI is InChI=1S/C19H19Cl2N3O2/c20-15-4-3-5-16(21)14(15)12-18(25)24-10-7-13(8-11-24)19(26)23-17-6-1-2-9-22-17/h1-6,9,13H,7-8,10-12H2,(H,22,23,26). The van der Waals surface area contributed by atoms with Crippen LogP contribution in [0, 0.1) is 5.92 Å². The molecule has 3 rings (SSSR count). The number of aromatic nitrogens is 1. The number of nitrogens with one attached hydrogen (secondary N) is 1. The Bertz CT molecular complexity index is 770. The van der Waals surface area contributed by atoms with E-state index >= 15 is 0 Å². The van der Waals surface area contributed by atoms with E-state index in [-0.39, 0.29) is 24.2 Å². The van der Waals surface area contributed by atoms with E-state index in [1.165, 1.54) is 0 Å². The molecule has 0 unspecified atom stereocenters. The summed E-state index contributed by atoms with van der Waals surface area (Å²) in [6, 6.07) is 10.6. The van der Waals surface area contributed by atoms with E-state index in [1.807, 2.05) is 6.07 Å². The Labute approximate surface area is 162 Å². The number of halogens is 2. The van der Waals surface area contributed by atoms with Gasteiger partial charge in [0.25, 0.3) is 0 Å². The third-order valence-electron chi connectivity index (χ3n) is 4.52. The number of nitrogens with zero attached hydrogens (tertiary/aromatic N) is 2.